The second-order valence-corrected chi connectivity index (χ2v) is 7.20. The molecule has 1 aromatic carbocycles. The number of unbranched alkanes of at least 4 members (excludes halogenated alkanes) is 1. The number of nitrogens with one attached hydrogen (secondary N) is 2. The van der Waals surface area contributed by atoms with Crippen molar-refractivity contribution >= 4 is 23.6 Å². The van der Waals surface area contributed by atoms with Gasteiger partial charge in [0.15, 0.2) is 0 Å². The van der Waals surface area contributed by atoms with Crippen molar-refractivity contribution in [3.63, 3.8) is 0 Å². The summed E-state index contributed by atoms with van der Waals surface area (Å²) in [5.74, 6) is 0.619. The third-order valence-corrected chi connectivity index (χ3v) is 4.97. The molecule has 1 aromatic heterocycles. The van der Waals surface area contributed by atoms with E-state index in [4.69, 9.17) is 11.6 Å². The van der Waals surface area contributed by atoms with E-state index in [1.54, 1.807) is 6.20 Å². The van der Waals surface area contributed by atoms with Gasteiger partial charge in [0.25, 0.3) is 0 Å². The van der Waals surface area contributed by atoms with Gasteiger partial charge in [0.2, 0.25) is 5.95 Å². The third-order valence-electron chi connectivity index (χ3n) is 4.72. The number of aromatic nitrogens is 2. The van der Waals surface area contributed by atoms with Crippen molar-refractivity contribution in [2.75, 3.05) is 25.0 Å². The van der Waals surface area contributed by atoms with Crippen molar-refractivity contribution in [1.82, 2.24) is 20.2 Å². The van der Waals surface area contributed by atoms with Crippen LogP contribution in [-0.2, 0) is 0 Å². The fraction of sp³-hybridized carbons (Fsp3) is 0.450. The Hall–Kier alpha value is -2.34. The minimum atomic E-state index is 0.0443. The Morgan fingerprint density at radius 1 is 1.22 bits per heavy atom. The Morgan fingerprint density at radius 2 is 1.96 bits per heavy atom. The first-order chi connectivity index (χ1) is 13.2. The molecule has 6 nitrogen and oxygen atoms in total. The maximum atomic E-state index is 12.1. The zero-order chi connectivity index (χ0) is 19.1. The summed E-state index contributed by atoms with van der Waals surface area (Å²) in [5, 5.41) is 7.09. The largest absolute Gasteiger partial charge is 0.351 e. The molecule has 3 rings (SSSR count). The van der Waals surface area contributed by atoms with Crippen LogP contribution in [0.25, 0.3) is 11.3 Å². The maximum Gasteiger partial charge on any atom is 0.317 e. The van der Waals surface area contributed by atoms with E-state index in [-0.39, 0.29) is 12.1 Å². The van der Waals surface area contributed by atoms with Gasteiger partial charge < -0.3 is 15.5 Å². The van der Waals surface area contributed by atoms with Crippen LogP contribution in [0.15, 0.2) is 36.5 Å². The van der Waals surface area contributed by atoms with Crippen LogP contribution in [0.3, 0.4) is 0 Å². The van der Waals surface area contributed by atoms with Crippen molar-refractivity contribution in [3.05, 3.63) is 41.6 Å². The molecule has 2 amide bonds. The minimum absolute atomic E-state index is 0.0443. The maximum absolute atomic E-state index is 12.1. The fourth-order valence-corrected chi connectivity index (χ4v) is 3.23. The number of benzene rings is 1. The lowest BCUT2D eigenvalue weighted by molar-refractivity contribution is 0.183. The van der Waals surface area contributed by atoms with E-state index in [1.165, 1.54) is 0 Å². The van der Waals surface area contributed by atoms with E-state index in [0.29, 0.717) is 11.0 Å². The van der Waals surface area contributed by atoms with Crippen LogP contribution >= 0.6 is 11.6 Å². The van der Waals surface area contributed by atoms with Crippen molar-refractivity contribution in [1.29, 1.82) is 0 Å². The molecule has 1 aliphatic heterocycles. The van der Waals surface area contributed by atoms with Crippen molar-refractivity contribution in [2.24, 2.45) is 0 Å². The summed E-state index contributed by atoms with van der Waals surface area (Å²) >= 11 is 5.95. The summed E-state index contributed by atoms with van der Waals surface area (Å²) < 4.78 is 0. The number of carbonyl (C=O) groups is 1. The molecule has 0 atom stereocenters. The molecule has 144 valence electrons. The molecule has 2 heterocycles. The molecule has 2 aromatic rings. The van der Waals surface area contributed by atoms with E-state index in [2.05, 4.69) is 27.5 Å². The normalized spacial score (nSPS) is 14.8. The standard InChI is InChI=1S/C20H26ClN5O/c1-2-3-11-23-20(27)26-13-9-17(10-14-26)24-19-22-12-8-18(25-19)15-4-6-16(21)7-5-15/h4-8,12,17H,2-3,9-11,13-14H2,1H3,(H,23,27)(H,22,24,25). The molecule has 0 unspecified atom stereocenters. The molecule has 0 bridgehead atoms. The zero-order valence-corrected chi connectivity index (χ0v) is 16.4. The lowest BCUT2D eigenvalue weighted by atomic mass is 10.1. The van der Waals surface area contributed by atoms with Crippen molar-refractivity contribution in [2.45, 2.75) is 38.6 Å². The van der Waals surface area contributed by atoms with Gasteiger partial charge >= 0.3 is 6.03 Å². The summed E-state index contributed by atoms with van der Waals surface area (Å²) in [6.45, 7) is 4.35. The number of urea groups is 1. The van der Waals surface area contributed by atoms with Crippen LogP contribution in [0.2, 0.25) is 5.02 Å². The van der Waals surface area contributed by atoms with Gasteiger partial charge in [-0.05, 0) is 37.5 Å². The van der Waals surface area contributed by atoms with Crippen LogP contribution in [0.4, 0.5) is 10.7 Å². The average Bonchev–Trinajstić information content (AvgIpc) is 2.69. The number of nitrogens with zero attached hydrogens (tertiary/aromatic N) is 3. The zero-order valence-electron chi connectivity index (χ0n) is 15.6. The van der Waals surface area contributed by atoms with E-state index in [0.717, 1.165) is 56.6 Å². The van der Waals surface area contributed by atoms with Crippen molar-refractivity contribution < 1.29 is 4.79 Å². The summed E-state index contributed by atoms with van der Waals surface area (Å²) in [5.41, 5.74) is 1.86. The molecule has 2 N–H and O–H groups in total. The molecule has 27 heavy (non-hydrogen) atoms. The summed E-state index contributed by atoms with van der Waals surface area (Å²) in [6.07, 6.45) is 5.63. The van der Waals surface area contributed by atoms with Gasteiger partial charge in [-0.3, -0.25) is 0 Å². The number of likely N-dealkylation sites (tertiary alicyclic amines) is 1. The van der Waals surface area contributed by atoms with Crippen molar-refractivity contribution in [3.8, 4) is 11.3 Å². The minimum Gasteiger partial charge on any atom is -0.351 e. The van der Waals surface area contributed by atoms with Gasteiger partial charge in [0, 0.05) is 42.5 Å². The van der Waals surface area contributed by atoms with Gasteiger partial charge in [-0.15, -0.1) is 0 Å². The van der Waals surface area contributed by atoms with Crippen LogP contribution < -0.4 is 10.6 Å². The fourth-order valence-electron chi connectivity index (χ4n) is 3.10. The number of amides is 2. The monoisotopic (exact) mass is 387 g/mol. The van der Waals surface area contributed by atoms with E-state index in [1.807, 2.05) is 35.2 Å². The Bertz CT molecular complexity index is 744. The number of rotatable bonds is 6. The van der Waals surface area contributed by atoms with Gasteiger partial charge in [-0.1, -0.05) is 37.1 Å². The first-order valence-corrected chi connectivity index (χ1v) is 9.92. The van der Waals surface area contributed by atoms with Crippen LogP contribution in [-0.4, -0.2) is 46.6 Å². The Labute approximate surface area is 165 Å². The molecule has 1 saturated heterocycles. The lowest BCUT2D eigenvalue weighted by Gasteiger charge is -2.32. The topological polar surface area (TPSA) is 70.2 Å². The summed E-state index contributed by atoms with van der Waals surface area (Å²) in [4.78, 5) is 23.0. The number of halogens is 1. The summed E-state index contributed by atoms with van der Waals surface area (Å²) in [7, 11) is 0. The Balaban J connectivity index is 1.52. The number of anilines is 1. The van der Waals surface area contributed by atoms with Crippen LogP contribution in [0.1, 0.15) is 32.6 Å². The number of hydrogen-bond acceptors (Lipinski definition) is 4. The molecule has 7 heteroatoms. The van der Waals surface area contributed by atoms with Gasteiger partial charge in [0.05, 0.1) is 5.69 Å². The Morgan fingerprint density at radius 3 is 2.67 bits per heavy atom. The first-order valence-electron chi connectivity index (χ1n) is 9.54. The molecule has 0 saturated carbocycles. The SMILES string of the molecule is CCCCNC(=O)N1CCC(Nc2nccc(-c3ccc(Cl)cc3)n2)CC1. The smallest absolute Gasteiger partial charge is 0.317 e. The van der Waals surface area contributed by atoms with Crippen LogP contribution in [0.5, 0.6) is 0 Å². The molecule has 1 fully saturated rings. The van der Waals surface area contributed by atoms with Crippen LogP contribution in [0, 0.1) is 0 Å². The molecule has 0 radical (unpaired) electrons. The molecular formula is C20H26ClN5O. The predicted octanol–water partition coefficient (Wildman–Crippen LogP) is 4.18. The number of piperidine rings is 1. The highest BCUT2D eigenvalue weighted by atomic mass is 35.5. The van der Waals surface area contributed by atoms with E-state index in [9.17, 15) is 4.79 Å². The van der Waals surface area contributed by atoms with E-state index >= 15 is 0 Å². The van der Waals surface area contributed by atoms with Gasteiger partial charge in [-0.25, -0.2) is 14.8 Å². The van der Waals surface area contributed by atoms with Gasteiger partial charge in [-0.2, -0.15) is 0 Å². The molecule has 0 spiro atoms. The van der Waals surface area contributed by atoms with Gasteiger partial charge in [0.1, 0.15) is 0 Å². The highest BCUT2D eigenvalue weighted by Gasteiger charge is 2.23. The highest BCUT2D eigenvalue weighted by Crippen LogP contribution is 2.21. The molecule has 1 aliphatic rings. The predicted molar refractivity (Wildman–Crippen MR) is 109 cm³/mol. The quantitative estimate of drug-likeness (QED) is 0.729. The lowest BCUT2D eigenvalue weighted by Crippen LogP contribution is -2.47. The number of hydrogen-bond donors (Lipinski definition) is 2. The first kappa shape index (κ1) is 19.4. The second-order valence-electron chi connectivity index (χ2n) is 6.76. The van der Waals surface area contributed by atoms with E-state index < -0.39 is 0 Å². The third kappa shape index (κ3) is 5.57. The molecular weight excluding hydrogens is 362 g/mol. The average molecular weight is 388 g/mol. The number of carbonyl (C=O) groups excluding carboxylic acids is 1. The highest BCUT2D eigenvalue weighted by molar-refractivity contribution is 6.30. The molecule has 0 aliphatic carbocycles. The summed E-state index contributed by atoms with van der Waals surface area (Å²) in [6, 6.07) is 9.81. The second kappa shape index (κ2) is 9.55. The Kier molecular flexibility index (Phi) is 6.87.